The van der Waals surface area contributed by atoms with E-state index in [0.29, 0.717) is 13.0 Å². The number of nitrogens with zero attached hydrogens (tertiary/aromatic N) is 1. The van der Waals surface area contributed by atoms with Crippen LogP contribution in [0.3, 0.4) is 0 Å². The van der Waals surface area contributed by atoms with Gasteiger partial charge >= 0.3 is 0 Å². The van der Waals surface area contributed by atoms with Crippen molar-refractivity contribution in [1.82, 2.24) is 10.2 Å². The molecule has 0 saturated carbocycles. The van der Waals surface area contributed by atoms with E-state index in [2.05, 4.69) is 5.32 Å². The van der Waals surface area contributed by atoms with E-state index in [1.165, 1.54) is 0 Å². The molecule has 0 radical (unpaired) electrons. The van der Waals surface area contributed by atoms with E-state index >= 15 is 0 Å². The van der Waals surface area contributed by atoms with E-state index in [-0.39, 0.29) is 29.9 Å². The molecular formula is C13H22N2O3. The van der Waals surface area contributed by atoms with E-state index in [1.54, 1.807) is 11.8 Å². The highest BCUT2D eigenvalue weighted by atomic mass is 16.5. The summed E-state index contributed by atoms with van der Waals surface area (Å²) in [6, 6.07) is -0.662. The van der Waals surface area contributed by atoms with Crippen LogP contribution in [0.25, 0.3) is 0 Å². The minimum Gasteiger partial charge on any atom is -0.379 e. The standard InChI is InChI=1S/C13H22N2O3/c1-3-5-11-13(17)15(9(2)12(16)14-11)10-6-4-7-18-8-10/h9-11H,3-8H2,1-2H3,(H,14,16). The number of carbonyl (C=O) groups is 2. The SMILES string of the molecule is CCCC1NC(=O)C(C)N(C2CCCOC2)C1=O. The molecule has 1 N–H and O–H groups in total. The van der Waals surface area contributed by atoms with Crippen molar-refractivity contribution < 1.29 is 14.3 Å². The van der Waals surface area contributed by atoms with Crippen LogP contribution in [0.15, 0.2) is 0 Å². The quantitative estimate of drug-likeness (QED) is 0.806. The Morgan fingerprint density at radius 2 is 2.22 bits per heavy atom. The molecule has 0 aliphatic carbocycles. The number of ether oxygens (including phenoxy) is 1. The smallest absolute Gasteiger partial charge is 0.246 e. The molecular weight excluding hydrogens is 232 g/mol. The van der Waals surface area contributed by atoms with Gasteiger partial charge in [0.05, 0.1) is 12.6 Å². The zero-order valence-corrected chi connectivity index (χ0v) is 11.1. The van der Waals surface area contributed by atoms with Crippen molar-refractivity contribution in [2.75, 3.05) is 13.2 Å². The highest BCUT2D eigenvalue weighted by Gasteiger charge is 2.41. The van der Waals surface area contributed by atoms with Crippen LogP contribution < -0.4 is 5.32 Å². The number of piperazine rings is 1. The summed E-state index contributed by atoms with van der Waals surface area (Å²) in [7, 11) is 0. The molecule has 2 aliphatic rings. The first-order chi connectivity index (χ1) is 8.65. The fourth-order valence-corrected chi connectivity index (χ4v) is 2.77. The Morgan fingerprint density at radius 3 is 2.83 bits per heavy atom. The van der Waals surface area contributed by atoms with Gasteiger partial charge in [0.1, 0.15) is 12.1 Å². The highest BCUT2D eigenvalue weighted by Crippen LogP contribution is 2.21. The third-order valence-corrected chi connectivity index (χ3v) is 3.77. The first kappa shape index (κ1) is 13.3. The minimum atomic E-state index is -0.377. The summed E-state index contributed by atoms with van der Waals surface area (Å²) in [5.74, 6) is 0.0121. The lowest BCUT2D eigenvalue weighted by Gasteiger charge is -2.43. The normalized spacial score (nSPS) is 33.4. The molecule has 2 amide bonds. The molecule has 3 atom stereocenters. The Labute approximate surface area is 108 Å². The molecule has 5 nitrogen and oxygen atoms in total. The lowest BCUT2D eigenvalue weighted by atomic mass is 9.99. The second-order valence-electron chi connectivity index (χ2n) is 5.14. The van der Waals surface area contributed by atoms with Crippen molar-refractivity contribution in [3.63, 3.8) is 0 Å². The maximum absolute atomic E-state index is 12.4. The van der Waals surface area contributed by atoms with Crippen LogP contribution in [-0.2, 0) is 14.3 Å². The van der Waals surface area contributed by atoms with Gasteiger partial charge in [0.15, 0.2) is 0 Å². The van der Waals surface area contributed by atoms with Gasteiger partial charge in [-0.2, -0.15) is 0 Å². The van der Waals surface area contributed by atoms with E-state index < -0.39 is 0 Å². The van der Waals surface area contributed by atoms with Gasteiger partial charge in [-0.05, 0) is 26.2 Å². The Balaban J connectivity index is 2.13. The second kappa shape index (κ2) is 5.69. The topological polar surface area (TPSA) is 58.6 Å². The lowest BCUT2D eigenvalue weighted by Crippen LogP contribution is -2.65. The summed E-state index contributed by atoms with van der Waals surface area (Å²) in [5, 5.41) is 2.81. The molecule has 2 rings (SSSR count). The number of nitrogens with one attached hydrogen (secondary N) is 1. The number of rotatable bonds is 3. The molecule has 102 valence electrons. The number of amides is 2. The fourth-order valence-electron chi connectivity index (χ4n) is 2.77. The molecule has 2 heterocycles. The van der Waals surface area contributed by atoms with Crippen LogP contribution >= 0.6 is 0 Å². The van der Waals surface area contributed by atoms with Gasteiger partial charge in [-0.25, -0.2) is 0 Å². The third kappa shape index (κ3) is 2.51. The van der Waals surface area contributed by atoms with Crippen LogP contribution in [-0.4, -0.2) is 48.1 Å². The molecule has 0 spiro atoms. The fraction of sp³-hybridized carbons (Fsp3) is 0.846. The van der Waals surface area contributed by atoms with Crippen molar-refractivity contribution >= 4 is 11.8 Å². The van der Waals surface area contributed by atoms with Crippen molar-refractivity contribution in [2.24, 2.45) is 0 Å². The Bertz CT molecular complexity index is 326. The maximum atomic E-state index is 12.4. The summed E-state index contributed by atoms with van der Waals surface area (Å²) in [5.41, 5.74) is 0. The number of carbonyl (C=O) groups excluding carboxylic acids is 2. The molecule has 0 bridgehead atoms. The van der Waals surface area contributed by atoms with E-state index in [9.17, 15) is 9.59 Å². The Kier molecular flexibility index (Phi) is 4.22. The van der Waals surface area contributed by atoms with Crippen molar-refractivity contribution in [3.05, 3.63) is 0 Å². The molecule has 0 aromatic rings. The van der Waals surface area contributed by atoms with E-state index in [1.807, 2.05) is 6.92 Å². The molecule has 2 fully saturated rings. The maximum Gasteiger partial charge on any atom is 0.246 e. The first-order valence-corrected chi connectivity index (χ1v) is 6.85. The summed E-state index contributed by atoms with van der Waals surface area (Å²) in [6.45, 7) is 5.13. The van der Waals surface area contributed by atoms with Crippen molar-refractivity contribution in [1.29, 1.82) is 0 Å². The summed E-state index contributed by atoms with van der Waals surface area (Å²) in [6.07, 6.45) is 3.49. The average molecular weight is 254 g/mol. The van der Waals surface area contributed by atoms with Crippen LogP contribution in [0.5, 0.6) is 0 Å². The number of hydrogen-bond donors (Lipinski definition) is 1. The first-order valence-electron chi connectivity index (χ1n) is 6.85. The largest absolute Gasteiger partial charge is 0.379 e. The van der Waals surface area contributed by atoms with Gasteiger partial charge in [0, 0.05) is 6.61 Å². The van der Waals surface area contributed by atoms with Crippen molar-refractivity contribution in [2.45, 2.75) is 57.7 Å². The van der Waals surface area contributed by atoms with Gasteiger partial charge in [-0.3, -0.25) is 9.59 Å². The van der Waals surface area contributed by atoms with Gasteiger partial charge < -0.3 is 15.0 Å². The van der Waals surface area contributed by atoms with E-state index in [0.717, 1.165) is 25.9 Å². The summed E-state index contributed by atoms with van der Waals surface area (Å²) >= 11 is 0. The van der Waals surface area contributed by atoms with Crippen LogP contribution in [0.2, 0.25) is 0 Å². The lowest BCUT2D eigenvalue weighted by molar-refractivity contribution is -0.154. The molecule has 5 heteroatoms. The third-order valence-electron chi connectivity index (χ3n) is 3.77. The van der Waals surface area contributed by atoms with Gasteiger partial charge in [-0.15, -0.1) is 0 Å². The average Bonchev–Trinajstić information content (AvgIpc) is 2.38. The van der Waals surface area contributed by atoms with Crippen molar-refractivity contribution in [3.8, 4) is 0 Å². The highest BCUT2D eigenvalue weighted by molar-refractivity contribution is 5.96. The zero-order valence-electron chi connectivity index (χ0n) is 11.1. The summed E-state index contributed by atoms with van der Waals surface area (Å²) in [4.78, 5) is 26.1. The molecule has 3 unspecified atom stereocenters. The second-order valence-corrected chi connectivity index (χ2v) is 5.14. The van der Waals surface area contributed by atoms with Crippen LogP contribution in [0.1, 0.15) is 39.5 Å². The predicted molar refractivity (Wildman–Crippen MR) is 67.0 cm³/mol. The Morgan fingerprint density at radius 1 is 1.44 bits per heavy atom. The van der Waals surface area contributed by atoms with E-state index in [4.69, 9.17) is 4.74 Å². The monoisotopic (exact) mass is 254 g/mol. The van der Waals surface area contributed by atoms with Crippen LogP contribution in [0, 0.1) is 0 Å². The van der Waals surface area contributed by atoms with Gasteiger partial charge in [-0.1, -0.05) is 13.3 Å². The zero-order chi connectivity index (χ0) is 13.1. The predicted octanol–water partition coefficient (Wildman–Crippen LogP) is 0.681. The Hall–Kier alpha value is -1.10. The number of hydrogen-bond acceptors (Lipinski definition) is 3. The van der Waals surface area contributed by atoms with Gasteiger partial charge in [0.2, 0.25) is 11.8 Å². The minimum absolute atomic E-state index is 0.0429. The molecule has 2 saturated heterocycles. The van der Waals surface area contributed by atoms with Crippen LogP contribution in [0.4, 0.5) is 0 Å². The molecule has 2 aliphatic heterocycles. The molecule has 0 aromatic carbocycles. The molecule has 0 aromatic heterocycles. The summed E-state index contributed by atoms with van der Waals surface area (Å²) < 4.78 is 5.44. The molecule has 18 heavy (non-hydrogen) atoms. The van der Waals surface area contributed by atoms with Gasteiger partial charge in [0.25, 0.3) is 0 Å².